The molecule has 3 nitrogen and oxygen atoms in total. The van der Waals surface area contributed by atoms with E-state index in [1.807, 2.05) is 4.90 Å². The molecule has 4 heteroatoms. The fraction of sp³-hybridized carbons (Fsp3) is 0.562. The number of nitrogen functional groups attached to an aromatic ring is 1. The van der Waals surface area contributed by atoms with Gasteiger partial charge in [0.1, 0.15) is 5.82 Å². The number of hydrogen-bond acceptors (Lipinski definition) is 2. The molecular formula is C16H23FN2O. The van der Waals surface area contributed by atoms with E-state index in [1.54, 1.807) is 13.0 Å². The Bertz CT molecular complexity index is 476. The first-order chi connectivity index (χ1) is 9.54. The molecule has 0 saturated carbocycles. The first kappa shape index (κ1) is 14.8. The second-order valence-electron chi connectivity index (χ2n) is 5.61. The SMILES string of the molecule is CCCC1CCCCN1C(=O)c1cc(N)c(C)c(F)c1. The van der Waals surface area contributed by atoms with Crippen molar-refractivity contribution in [1.82, 2.24) is 4.90 Å². The Labute approximate surface area is 120 Å². The minimum Gasteiger partial charge on any atom is -0.398 e. The van der Waals surface area contributed by atoms with Crippen LogP contribution in [0.15, 0.2) is 12.1 Å². The van der Waals surface area contributed by atoms with E-state index in [2.05, 4.69) is 6.92 Å². The zero-order chi connectivity index (χ0) is 14.7. The van der Waals surface area contributed by atoms with Gasteiger partial charge in [-0.25, -0.2) is 4.39 Å². The van der Waals surface area contributed by atoms with Crippen LogP contribution in [0.1, 0.15) is 54.9 Å². The topological polar surface area (TPSA) is 46.3 Å². The predicted molar refractivity (Wildman–Crippen MR) is 79.1 cm³/mol. The summed E-state index contributed by atoms with van der Waals surface area (Å²) in [5.74, 6) is -0.494. The fourth-order valence-corrected chi connectivity index (χ4v) is 2.89. The van der Waals surface area contributed by atoms with Crippen molar-refractivity contribution in [3.05, 3.63) is 29.1 Å². The number of nitrogens with zero attached hydrogens (tertiary/aromatic N) is 1. The highest BCUT2D eigenvalue weighted by molar-refractivity contribution is 5.95. The van der Waals surface area contributed by atoms with Gasteiger partial charge >= 0.3 is 0 Å². The fourth-order valence-electron chi connectivity index (χ4n) is 2.89. The number of carbonyl (C=O) groups is 1. The van der Waals surface area contributed by atoms with Crippen LogP contribution in [0.3, 0.4) is 0 Å². The van der Waals surface area contributed by atoms with Gasteiger partial charge in [-0.05, 0) is 44.7 Å². The molecule has 1 heterocycles. The normalized spacial score (nSPS) is 19.1. The molecule has 0 spiro atoms. The van der Waals surface area contributed by atoms with Gasteiger partial charge < -0.3 is 10.6 Å². The lowest BCUT2D eigenvalue weighted by atomic mass is 9.97. The first-order valence-electron chi connectivity index (χ1n) is 7.41. The van der Waals surface area contributed by atoms with Crippen LogP contribution in [0.25, 0.3) is 0 Å². The smallest absolute Gasteiger partial charge is 0.254 e. The van der Waals surface area contributed by atoms with Crippen LogP contribution in [0.4, 0.5) is 10.1 Å². The quantitative estimate of drug-likeness (QED) is 0.860. The highest BCUT2D eigenvalue weighted by Crippen LogP contribution is 2.25. The summed E-state index contributed by atoms with van der Waals surface area (Å²) in [5.41, 5.74) is 6.89. The number of nitrogens with two attached hydrogens (primary N) is 1. The van der Waals surface area contributed by atoms with Crippen molar-refractivity contribution in [2.45, 2.75) is 52.0 Å². The van der Waals surface area contributed by atoms with Crippen molar-refractivity contribution in [2.75, 3.05) is 12.3 Å². The maximum Gasteiger partial charge on any atom is 0.254 e. The molecule has 1 unspecified atom stereocenters. The van der Waals surface area contributed by atoms with E-state index in [9.17, 15) is 9.18 Å². The second-order valence-corrected chi connectivity index (χ2v) is 5.61. The van der Waals surface area contributed by atoms with Crippen LogP contribution in [0.5, 0.6) is 0 Å². The van der Waals surface area contributed by atoms with Gasteiger partial charge in [-0.1, -0.05) is 13.3 Å². The molecule has 1 aromatic rings. The summed E-state index contributed by atoms with van der Waals surface area (Å²) in [5, 5.41) is 0. The molecular weight excluding hydrogens is 255 g/mol. The molecule has 110 valence electrons. The molecule has 1 aromatic carbocycles. The third kappa shape index (κ3) is 2.94. The highest BCUT2D eigenvalue weighted by Gasteiger charge is 2.27. The van der Waals surface area contributed by atoms with Gasteiger partial charge in [0.15, 0.2) is 0 Å². The van der Waals surface area contributed by atoms with Gasteiger partial charge in [0.05, 0.1) is 0 Å². The molecule has 0 radical (unpaired) electrons. The molecule has 0 aromatic heterocycles. The molecule has 1 fully saturated rings. The lowest BCUT2D eigenvalue weighted by molar-refractivity contribution is 0.0600. The zero-order valence-electron chi connectivity index (χ0n) is 12.3. The third-order valence-electron chi connectivity index (χ3n) is 4.14. The Kier molecular flexibility index (Phi) is 4.63. The van der Waals surface area contributed by atoms with Gasteiger partial charge in [-0.3, -0.25) is 4.79 Å². The predicted octanol–water partition coefficient (Wildman–Crippen LogP) is 3.51. The van der Waals surface area contributed by atoms with E-state index < -0.39 is 5.82 Å². The van der Waals surface area contributed by atoms with Gasteiger partial charge in [0, 0.05) is 29.4 Å². The van der Waals surface area contributed by atoms with E-state index in [-0.39, 0.29) is 11.9 Å². The zero-order valence-corrected chi connectivity index (χ0v) is 12.3. The minimum absolute atomic E-state index is 0.0891. The van der Waals surface area contributed by atoms with Crippen molar-refractivity contribution in [1.29, 1.82) is 0 Å². The average Bonchev–Trinajstić information content (AvgIpc) is 2.44. The van der Waals surface area contributed by atoms with Gasteiger partial charge in [0.2, 0.25) is 0 Å². The summed E-state index contributed by atoms with van der Waals surface area (Å²) in [6.07, 6.45) is 5.30. The summed E-state index contributed by atoms with van der Waals surface area (Å²) in [7, 11) is 0. The molecule has 1 amide bonds. The van der Waals surface area contributed by atoms with Crippen LogP contribution in [-0.2, 0) is 0 Å². The standard InChI is InChI=1S/C16H23FN2O/c1-3-6-13-7-4-5-8-19(13)16(20)12-9-14(17)11(2)15(18)10-12/h9-10,13H,3-8,18H2,1-2H3. The van der Waals surface area contributed by atoms with E-state index in [0.29, 0.717) is 16.8 Å². The Morgan fingerprint density at radius 1 is 1.45 bits per heavy atom. The molecule has 1 aliphatic heterocycles. The van der Waals surface area contributed by atoms with Crippen molar-refractivity contribution < 1.29 is 9.18 Å². The summed E-state index contributed by atoms with van der Waals surface area (Å²) < 4.78 is 13.8. The van der Waals surface area contributed by atoms with Crippen LogP contribution in [0.2, 0.25) is 0 Å². The number of amides is 1. The summed E-state index contributed by atoms with van der Waals surface area (Å²) >= 11 is 0. The van der Waals surface area contributed by atoms with Crippen molar-refractivity contribution >= 4 is 11.6 Å². The van der Waals surface area contributed by atoms with Gasteiger partial charge in [0.25, 0.3) is 5.91 Å². The molecule has 2 rings (SSSR count). The number of carbonyl (C=O) groups excluding carboxylic acids is 1. The van der Waals surface area contributed by atoms with Crippen LogP contribution < -0.4 is 5.73 Å². The maximum absolute atomic E-state index is 13.8. The number of rotatable bonds is 3. The summed E-state index contributed by atoms with van der Waals surface area (Å²) in [6.45, 7) is 4.51. The van der Waals surface area contributed by atoms with Crippen molar-refractivity contribution in [3.63, 3.8) is 0 Å². The number of anilines is 1. The van der Waals surface area contributed by atoms with E-state index in [4.69, 9.17) is 5.73 Å². The highest BCUT2D eigenvalue weighted by atomic mass is 19.1. The third-order valence-corrected chi connectivity index (χ3v) is 4.14. The molecule has 1 saturated heterocycles. The van der Waals surface area contributed by atoms with Gasteiger partial charge in [-0.15, -0.1) is 0 Å². The number of halogens is 1. The number of hydrogen-bond donors (Lipinski definition) is 1. The maximum atomic E-state index is 13.8. The van der Waals surface area contributed by atoms with Crippen molar-refractivity contribution in [3.8, 4) is 0 Å². The molecule has 2 N–H and O–H groups in total. The Morgan fingerprint density at radius 3 is 2.85 bits per heavy atom. The molecule has 0 aliphatic carbocycles. The van der Waals surface area contributed by atoms with E-state index in [1.165, 1.54) is 12.5 Å². The van der Waals surface area contributed by atoms with E-state index >= 15 is 0 Å². The first-order valence-corrected chi connectivity index (χ1v) is 7.41. The van der Waals surface area contributed by atoms with Crippen LogP contribution in [-0.4, -0.2) is 23.4 Å². The Hall–Kier alpha value is -1.58. The second kappa shape index (κ2) is 6.25. The minimum atomic E-state index is -0.405. The summed E-state index contributed by atoms with van der Waals surface area (Å²) in [4.78, 5) is 14.5. The number of benzene rings is 1. The number of likely N-dealkylation sites (tertiary alicyclic amines) is 1. The molecule has 1 atom stereocenters. The molecule has 20 heavy (non-hydrogen) atoms. The van der Waals surface area contributed by atoms with Crippen LogP contribution >= 0.6 is 0 Å². The molecule has 0 bridgehead atoms. The largest absolute Gasteiger partial charge is 0.398 e. The van der Waals surface area contributed by atoms with E-state index in [0.717, 1.165) is 32.2 Å². The Balaban J connectivity index is 2.25. The van der Waals surface area contributed by atoms with Crippen molar-refractivity contribution in [2.24, 2.45) is 0 Å². The molecule has 1 aliphatic rings. The lowest BCUT2D eigenvalue weighted by Gasteiger charge is -2.36. The van der Waals surface area contributed by atoms with Crippen LogP contribution in [0, 0.1) is 12.7 Å². The Morgan fingerprint density at radius 2 is 2.20 bits per heavy atom. The summed E-state index contributed by atoms with van der Waals surface area (Å²) in [6, 6.07) is 3.19. The lowest BCUT2D eigenvalue weighted by Crippen LogP contribution is -2.43. The number of piperidine rings is 1. The van der Waals surface area contributed by atoms with Gasteiger partial charge in [-0.2, -0.15) is 0 Å². The average molecular weight is 278 g/mol. The monoisotopic (exact) mass is 278 g/mol.